The van der Waals surface area contributed by atoms with E-state index in [0.717, 1.165) is 29.2 Å². The van der Waals surface area contributed by atoms with E-state index in [9.17, 15) is 26.7 Å². The number of alkyl halides is 7. The van der Waals surface area contributed by atoms with Crippen molar-refractivity contribution in [1.82, 2.24) is 0 Å². The summed E-state index contributed by atoms with van der Waals surface area (Å²) in [6.45, 7) is 1.49. The third-order valence-electron chi connectivity index (χ3n) is 3.96. The Hall–Kier alpha value is -2.59. The second kappa shape index (κ2) is 10.4. The van der Waals surface area contributed by atoms with Crippen LogP contribution in [0.3, 0.4) is 0 Å². The fourth-order valence-electron chi connectivity index (χ4n) is 2.44. The average molecular weight is 499 g/mol. The van der Waals surface area contributed by atoms with Crippen LogP contribution in [0.4, 0.5) is 32.4 Å². The maximum atomic E-state index is 13.5. The lowest BCUT2D eigenvalue weighted by molar-refractivity contribution is -0.163. The van der Waals surface area contributed by atoms with Gasteiger partial charge in [-0.2, -0.15) is 26.9 Å². The first-order valence-electron chi connectivity index (χ1n) is 8.97. The first kappa shape index (κ1) is 25.7. The summed E-state index contributed by atoms with van der Waals surface area (Å²) in [6, 6.07) is 8.38. The zero-order valence-electron chi connectivity index (χ0n) is 16.7. The van der Waals surface area contributed by atoms with Gasteiger partial charge in [-0.25, -0.2) is 4.79 Å². The summed E-state index contributed by atoms with van der Waals surface area (Å²) in [6.07, 6.45) is -8.53. The lowest BCUT2D eigenvalue weighted by Gasteiger charge is -2.20. The van der Waals surface area contributed by atoms with Crippen LogP contribution in [0.2, 0.25) is 0 Å². The molecule has 0 saturated heterocycles. The standard InChI is InChI=1S/C20H17Cl2F5N2O3/c1-3-31-16(14-6-4-5-7-15(14)19(23,24)25)28-18(30)29(2)12-8-10-13(11-9-12)32-20(26,27)17(21)22/h4-11,17H,3H2,1-2H3. The van der Waals surface area contributed by atoms with Crippen molar-refractivity contribution in [3.63, 3.8) is 0 Å². The lowest BCUT2D eigenvalue weighted by Crippen LogP contribution is -2.32. The van der Waals surface area contributed by atoms with Crippen LogP contribution in [0.1, 0.15) is 18.1 Å². The van der Waals surface area contributed by atoms with Crippen molar-refractivity contribution < 1.29 is 36.2 Å². The Bertz CT molecular complexity index is 966. The summed E-state index contributed by atoms with van der Waals surface area (Å²) in [5, 5.41) is 0. The highest BCUT2D eigenvalue weighted by Crippen LogP contribution is 2.33. The molecule has 0 saturated carbocycles. The number of hydrogen-bond donors (Lipinski definition) is 0. The number of aliphatic imine (C=N–C) groups is 1. The smallest absolute Gasteiger partial charge is 0.428 e. The SMILES string of the molecule is CCOC(=NC(=O)N(C)c1ccc(OC(F)(F)C(Cl)Cl)cc1)c1ccccc1C(F)(F)F. The van der Waals surface area contributed by atoms with Crippen molar-refractivity contribution in [2.45, 2.75) is 24.0 Å². The molecule has 2 aromatic carbocycles. The van der Waals surface area contributed by atoms with Gasteiger partial charge in [-0.05, 0) is 43.3 Å². The van der Waals surface area contributed by atoms with Crippen LogP contribution < -0.4 is 9.64 Å². The maximum Gasteiger partial charge on any atom is 0.428 e. The van der Waals surface area contributed by atoms with Crippen LogP contribution in [0, 0.1) is 0 Å². The van der Waals surface area contributed by atoms with E-state index in [1.807, 2.05) is 0 Å². The van der Waals surface area contributed by atoms with E-state index < -0.39 is 40.2 Å². The van der Waals surface area contributed by atoms with E-state index >= 15 is 0 Å². The molecule has 0 fully saturated rings. The summed E-state index contributed by atoms with van der Waals surface area (Å²) in [7, 11) is 1.29. The number of nitrogens with zero attached hydrogens (tertiary/aromatic N) is 2. The van der Waals surface area contributed by atoms with E-state index in [4.69, 9.17) is 27.9 Å². The molecule has 0 radical (unpaired) electrons. The molecule has 32 heavy (non-hydrogen) atoms. The minimum absolute atomic E-state index is 0.0373. The van der Waals surface area contributed by atoms with E-state index in [0.29, 0.717) is 0 Å². The highest BCUT2D eigenvalue weighted by Gasteiger charge is 2.40. The van der Waals surface area contributed by atoms with E-state index in [-0.39, 0.29) is 18.0 Å². The van der Waals surface area contributed by atoms with Crippen LogP contribution in [0.5, 0.6) is 5.75 Å². The number of halogens is 7. The van der Waals surface area contributed by atoms with Crippen molar-refractivity contribution in [2.24, 2.45) is 4.99 Å². The normalized spacial score (nSPS) is 12.6. The molecular weight excluding hydrogens is 482 g/mol. The maximum absolute atomic E-state index is 13.5. The largest absolute Gasteiger partial charge is 0.477 e. The molecule has 12 heteroatoms. The van der Waals surface area contributed by atoms with Gasteiger partial charge >= 0.3 is 18.3 Å². The molecule has 0 aromatic heterocycles. The molecule has 0 aliphatic rings. The Labute approximate surface area is 190 Å². The number of hydrogen-bond acceptors (Lipinski definition) is 3. The number of anilines is 1. The first-order valence-corrected chi connectivity index (χ1v) is 9.85. The summed E-state index contributed by atoms with van der Waals surface area (Å²) >= 11 is 10.3. The topological polar surface area (TPSA) is 51.1 Å². The molecular formula is C20H17Cl2F5N2O3. The van der Waals surface area contributed by atoms with Gasteiger partial charge in [-0.1, -0.05) is 35.3 Å². The van der Waals surface area contributed by atoms with Gasteiger partial charge in [0.05, 0.1) is 12.2 Å². The number of benzene rings is 2. The quantitative estimate of drug-likeness (QED) is 0.197. The molecule has 2 aromatic rings. The van der Waals surface area contributed by atoms with Gasteiger partial charge in [0.15, 0.2) is 0 Å². The Morgan fingerprint density at radius 1 is 1.06 bits per heavy atom. The molecule has 0 unspecified atom stereocenters. The van der Waals surface area contributed by atoms with Crippen molar-refractivity contribution in [3.8, 4) is 5.75 Å². The van der Waals surface area contributed by atoms with Gasteiger partial charge in [0, 0.05) is 18.3 Å². The van der Waals surface area contributed by atoms with Gasteiger partial charge in [0.25, 0.3) is 0 Å². The van der Waals surface area contributed by atoms with Crippen molar-refractivity contribution in [1.29, 1.82) is 0 Å². The monoisotopic (exact) mass is 498 g/mol. The molecule has 0 N–H and O–H groups in total. The lowest BCUT2D eigenvalue weighted by atomic mass is 10.1. The van der Waals surface area contributed by atoms with Crippen LogP contribution in [0.25, 0.3) is 0 Å². The Kier molecular flexibility index (Phi) is 8.30. The van der Waals surface area contributed by atoms with Gasteiger partial charge in [-0.15, -0.1) is 0 Å². The average Bonchev–Trinajstić information content (AvgIpc) is 2.72. The summed E-state index contributed by atoms with van der Waals surface area (Å²) in [5.74, 6) is -0.782. The Morgan fingerprint density at radius 2 is 1.66 bits per heavy atom. The molecule has 0 atom stereocenters. The molecule has 174 valence electrons. The van der Waals surface area contributed by atoms with Crippen molar-refractivity contribution in [3.05, 3.63) is 59.7 Å². The molecule has 2 amide bonds. The fraction of sp³-hybridized carbons (Fsp3) is 0.300. The van der Waals surface area contributed by atoms with Gasteiger partial charge in [-0.3, -0.25) is 4.90 Å². The number of carbonyl (C=O) groups excluding carboxylic acids is 1. The number of amides is 2. The summed E-state index contributed by atoms with van der Waals surface area (Å²) in [5.41, 5.74) is -1.21. The molecule has 0 aliphatic heterocycles. The van der Waals surface area contributed by atoms with Gasteiger partial charge in [0.2, 0.25) is 10.7 Å². The third-order valence-corrected chi connectivity index (χ3v) is 4.47. The highest BCUT2D eigenvalue weighted by atomic mass is 35.5. The van der Waals surface area contributed by atoms with Crippen molar-refractivity contribution >= 4 is 40.8 Å². The minimum atomic E-state index is -4.69. The van der Waals surface area contributed by atoms with E-state index in [1.54, 1.807) is 0 Å². The Balaban J connectivity index is 2.29. The Morgan fingerprint density at radius 3 is 2.19 bits per heavy atom. The number of urea groups is 1. The second-order valence-electron chi connectivity index (χ2n) is 6.19. The van der Waals surface area contributed by atoms with Crippen molar-refractivity contribution in [2.75, 3.05) is 18.6 Å². The summed E-state index contributed by atoms with van der Waals surface area (Å²) < 4.78 is 76.5. The molecule has 0 bridgehead atoms. The predicted molar refractivity (Wildman–Crippen MR) is 111 cm³/mol. The minimum Gasteiger partial charge on any atom is -0.477 e. The second-order valence-corrected chi connectivity index (χ2v) is 7.29. The number of ether oxygens (including phenoxy) is 2. The van der Waals surface area contributed by atoms with Crippen LogP contribution in [-0.2, 0) is 10.9 Å². The summed E-state index contributed by atoms with van der Waals surface area (Å²) in [4.78, 5) is 15.1. The molecule has 5 nitrogen and oxygen atoms in total. The van der Waals surface area contributed by atoms with Crippen LogP contribution in [-0.4, -0.2) is 36.5 Å². The molecule has 0 spiro atoms. The molecule has 0 aliphatic carbocycles. The van der Waals surface area contributed by atoms with Gasteiger partial charge < -0.3 is 9.47 Å². The predicted octanol–water partition coefficient (Wildman–Crippen LogP) is 6.52. The van der Waals surface area contributed by atoms with E-state index in [2.05, 4.69) is 9.73 Å². The van der Waals surface area contributed by atoms with Crippen LogP contribution >= 0.6 is 23.2 Å². The number of rotatable bonds is 6. The molecule has 0 heterocycles. The number of carbonyl (C=O) groups is 1. The fourth-order valence-corrected chi connectivity index (χ4v) is 2.52. The highest BCUT2D eigenvalue weighted by molar-refractivity contribution is 6.44. The van der Waals surface area contributed by atoms with Gasteiger partial charge in [0.1, 0.15) is 5.75 Å². The molecule has 2 rings (SSSR count). The zero-order chi connectivity index (χ0) is 24.1. The zero-order valence-corrected chi connectivity index (χ0v) is 18.2. The third kappa shape index (κ3) is 6.46. The first-order chi connectivity index (χ1) is 14.9. The van der Waals surface area contributed by atoms with Crippen LogP contribution in [0.15, 0.2) is 53.5 Å². The van der Waals surface area contributed by atoms with E-state index in [1.165, 1.54) is 38.2 Å².